The molecule has 0 saturated heterocycles. The van der Waals surface area contributed by atoms with Crippen molar-refractivity contribution < 1.29 is 9.90 Å². The van der Waals surface area contributed by atoms with E-state index in [0.717, 1.165) is 12.8 Å². The average Bonchev–Trinajstić information content (AvgIpc) is 2.19. The van der Waals surface area contributed by atoms with Gasteiger partial charge in [0.2, 0.25) is 0 Å². The van der Waals surface area contributed by atoms with Crippen molar-refractivity contribution in [3.63, 3.8) is 0 Å². The van der Waals surface area contributed by atoms with Crippen molar-refractivity contribution in [2.24, 2.45) is 17.3 Å². The highest BCUT2D eigenvalue weighted by molar-refractivity contribution is 5.82. The first-order valence-corrected chi connectivity index (χ1v) is 5.81. The number of carbonyl (C=O) groups is 1. The summed E-state index contributed by atoms with van der Waals surface area (Å²) in [4.78, 5) is 11.7. The number of carbonyl (C=O) groups excluding carboxylic acids is 1. The molecule has 0 aromatic heterocycles. The minimum atomic E-state index is -0.0472. The van der Waals surface area contributed by atoms with E-state index in [9.17, 15) is 9.90 Å². The molecule has 0 heterocycles. The van der Waals surface area contributed by atoms with Crippen molar-refractivity contribution in [2.45, 2.75) is 45.4 Å². The van der Waals surface area contributed by atoms with Crippen LogP contribution in [0.2, 0.25) is 0 Å². The summed E-state index contributed by atoms with van der Waals surface area (Å²) in [5.41, 5.74) is 0.347. The lowest BCUT2D eigenvalue weighted by molar-refractivity contribution is -0.135. The van der Waals surface area contributed by atoms with Gasteiger partial charge in [0.1, 0.15) is 5.78 Å². The van der Waals surface area contributed by atoms with Gasteiger partial charge < -0.3 is 5.11 Å². The van der Waals surface area contributed by atoms with Gasteiger partial charge in [-0.1, -0.05) is 19.8 Å². The topological polar surface area (TPSA) is 37.3 Å². The monoisotopic (exact) mass is 196 g/mol. The van der Waals surface area contributed by atoms with E-state index in [0.29, 0.717) is 23.5 Å². The van der Waals surface area contributed by atoms with Crippen molar-refractivity contribution in [1.82, 2.24) is 0 Å². The molecule has 1 N–H and O–H groups in total. The Hall–Kier alpha value is -0.370. The van der Waals surface area contributed by atoms with Gasteiger partial charge in [0, 0.05) is 12.3 Å². The van der Waals surface area contributed by atoms with E-state index in [1.165, 1.54) is 19.3 Å². The second-order valence-corrected chi connectivity index (χ2v) is 5.26. The molecule has 0 aliphatic heterocycles. The van der Waals surface area contributed by atoms with Gasteiger partial charge in [0.25, 0.3) is 0 Å². The molecule has 0 aromatic rings. The van der Waals surface area contributed by atoms with Crippen LogP contribution in [0.5, 0.6) is 0 Å². The number of aliphatic hydroxyl groups excluding tert-OH is 1. The van der Waals surface area contributed by atoms with Gasteiger partial charge in [-0.05, 0) is 30.6 Å². The van der Waals surface area contributed by atoms with Gasteiger partial charge in [0.05, 0.1) is 6.61 Å². The molecule has 14 heavy (non-hydrogen) atoms. The maximum atomic E-state index is 11.7. The van der Waals surface area contributed by atoms with E-state index in [1.54, 1.807) is 0 Å². The van der Waals surface area contributed by atoms with E-state index in [-0.39, 0.29) is 12.5 Å². The summed E-state index contributed by atoms with van der Waals surface area (Å²) in [5.74, 6) is 0.716. The molecule has 0 bridgehead atoms. The first-order valence-electron chi connectivity index (χ1n) is 5.81. The zero-order valence-corrected chi connectivity index (χ0v) is 8.96. The van der Waals surface area contributed by atoms with Crippen LogP contribution >= 0.6 is 0 Å². The van der Waals surface area contributed by atoms with E-state index in [4.69, 9.17) is 0 Å². The summed E-state index contributed by atoms with van der Waals surface area (Å²) in [6, 6.07) is 0. The van der Waals surface area contributed by atoms with Gasteiger partial charge in [-0.2, -0.15) is 0 Å². The second kappa shape index (κ2) is 3.65. The molecule has 80 valence electrons. The lowest BCUT2D eigenvalue weighted by Gasteiger charge is -2.48. The van der Waals surface area contributed by atoms with E-state index in [1.807, 2.05) is 0 Å². The maximum Gasteiger partial charge on any atom is 0.138 e. The van der Waals surface area contributed by atoms with E-state index >= 15 is 0 Å². The Balaban J connectivity index is 2.20. The standard InChI is InChI=1S/C12H20O2/c1-12-6-3-2-4-10(12)9(8-13)11(14)5-7-12/h9-10,13H,2-8H2,1H3/t9-,10+,12+/m0/s1. The van der Waals surface area contributed by atoms with Crippen molar-refractivity contribution in [3.8, 4) is 0 Å². The molecular formula is C12H20O2. The third-order valence-corrected chi connectivity index (χ3v) is 4.45. The van der Waals surface area contributed by atoms with Crippen molar-refractivity contribution in [2.75, 3.05) is 6.61 Å². The normalized spacial score (nSPS) is 43.4. The Morgan fingerprint density at radius 3 is 2.93 bits per heavy atom. The molecule has 2 fully saturated rings. The molecule has 0 aromatic carbocycles. The maximum absolute atomic E-state index is 11.7. The quantitative estimate of drug-likeness (QED) is 0.697. The largest absolute Gasteiger partial charge is 0.396 e. The Morgan fingerprint density at radius 1 is 1.43 bits per heavy atom. The predicted octanol–water partition coefficient (Wildman–Crippen LogP) is 2.15. The molecule has 0 unspecified atom stereocenters. The summed E-state index contributed by atoms with van der Waals surface area (Å²) in [6.07, 6.45) is 6.68. The van der Waals surface area contributed by atoms with Crippen LogP contribution < -0.4 is 0 Å². The fourth-order valence-electron chi connectivity index (χ4n) is 3.47. The predicted molar refractivity (Wildman–Crippen MR) is 54.9 cm³/mol. The molecule has 2 rings (SSSR count). The first-order chi connectivity index (χ1) is 6.67. The zero-order valence-electron chi connectivity index (χ0n) is 8.96. The fraction of sp³-hybridized carbons (Fsp3) is 0.917. The molecule has 2 nitrogen and oxygen atoms in total. The van der Waals surface area contributed by atoms with E-state index in [2.05, 4.69) is 6.92 Å². The smallest absolute Gasteiger partial charge is 0.138 e. The highest BCUT2D eigenvalue weighted by Crippen LogP contribution is 2.51. The van der Waals surface area contributed by atoms with Crippen LogP contribution in [0.4, 0.5) is 0 Å². The summed E-state index contributed by atoms with van der Waals surface area (Å²) in [6.45, 7) is 2.38. The van der Waals surface area contributed by atoms with Crippen molar-refractivity contribution in [3.05, 3.63) is 0 Å². The third kappa shape index (κ3) is 1.50. The summed E-state index contributed by atoms with van der Waals surface area (Å²) in [5, 5.41) is 9.29. The Kier molecular flexibility index (Phi) is 2.65. The van der Waals surface area contributed by atoms with E-state index < -0.39 is 0 Å². The summed E-state index contributed by atoms with van der Waals surface area (Å²) >= 11 is 0. The summed E-state index contributed by atoms with van der Waals surface area (Å²) in [7, 11) is 0. The summed E-state index contributed by atoms with van der Waals surface area (Å²) < 4.78 is 0. The molecule has 2 aliphatic carbocycles. The second-order valence-electron chi connectivity index (χ2n) is 5.26. The average molecular weight is 196 g/mol. The Bertz CT molecular complexity index is 236. The number of ketones is 1. The number of aliphatic hydroxyl groups is 1. The molecule has 2 aliphatic rings. The van der Waals surface area contributed by atoms with Crippen molar-refractivity contribution >= 4 is 5.78 Å². The van der Waals surface area contributed by atoms with Crippen LogP contribution in [0.1, 0.15) is 45.4 Å². The van der Waals surface area contributed by atoms with Crippen LogP contribution in [0, 0.1) is 17.3 Å². The van der Waals surface area contributed by atoms with Crippen LogP contribution in [-0.4, -0.2) is 17.5 Å². The third-order valence-electron chi connectivity index (χ3n) is 4.45. The number of hydrogen-bond acceptors (Lipinski definition) is 2. The molecule has 2 heteroatoms. The number of rotatable bonds is 1. The highest BCUT2D eigenvalue weighted by atomic mass is 16.3. The van der Waals surface area contributed by atoms with Crippen LogP contribution in [0.15, 0.2) is 0 Å². The van der Waals surface area contributed by atoms with Gasteiger partial charge >= 0.3 is 0 Å². The zero-order chi connectivity index (χ0) is 10.2. The number of hydrogen-bond donors (Lipinski definition) is 1. The molecule has 0 amide bonds. The minimum Gasteiger partial charge on any atom is -0.396 e. The van der Waals surface area contributed by atoms with Gasteiger partial charge in [-0.25, -0.2) is 0 Å². The molecule has 0 spiro atoms. The van der Waals surface area contributed by atoms with Gasteiger partial charge in [0.15, 0.2) is 0 Å². The van der Waals surface area contributed by atoms with Crippen molar-refractivity contribution in [1.29, 1.82) is 0 Å². The molecular weight excluding hydrogens is 176 g/mol. The highest BCUT2D eigenvalue weighted by Gasteiger charge is 2.46. The van der Waals surface area contributed by atoms with Crippen LogP contribution in [0.3, 0.4) is 0 Å². The van der Waals surface area contributed by atoms with Crippen LogP contribution in [0.25, 0.3) is 0 Å². The lowest BCUT2D eigenvalue weighted by atomic mass is 9.56. The Labute approximate surface area is 85.7 Å². The number of Topliss-reactive ketones (excluding diaryl/α,β-unsaturated/α-hetero) is 1. The SMILES string of the molecule is C[C@]12CCCC[C@@H]1[C@H](CO)C(=O)CC2. The molecule has 2 saturated carbocycles. The lowest BCUT2D eigenvalue weighted by Crippen LogP contribution is -2.45. The number of fused-ring (bicyclic) bond motifs is 1. The first kappa shape index (κ1) is 10.2. The fourth-order valence-corrected chi connectivity index (χ4v) is 3.47. The van der Waals surface area contributed by atoms with Gasteiger partial charge in [-0.15, -0.1) is 0 Å². The molecule has 0 radical (unpaired) electrons. The Morgan fingerprint density at radius 2 is 2.21 bits per heavy atom. The van der Waals surface area contributed by atoms with Gasteiger partial charge in [-0.3, -0.25) is 4.79 Å². The van der Waals surface area contributed by atoms with Crippen LogP contribution in [-0.2, 0) is 4.79 Å². The minimum absolute atomic E-state index is 0.0472. The molecule has 3 atom stereocenters.